The monoisotopic (exact) mass is 540 g/mol. The highest BCUT2D eigenvalue weighted by Crippen LogP contribution is 2.33. The molecule has 2 heterocycles. The molecule has 0 spiro atoms. The van der Waals surface area contributed by atoms with E-state index in [4.69, 9.17) is 37.4 Å². The molecule has 0 N–H and O–H groups in total. The highest BCUT2D eigenvalue weighted by Gasteiger charge is 2.37. The lowest BCUT2D eigenvalue weighted by atomic mass is 9.93. The molecule has 2 aliphatic heterocycles. The van der Waals surface area contributed by atoms with Gasteiger partial charge in [0.05, 0.1) is 19.3 Å². The van der Waals surface area contributed by atoms with Gasteiger partial charge in [-0.05, 0) is 68.2 Å². The fourth-order valence-corrected chi connectivity index (χ4v) is 4.71. The second-order valence-corrected chi connectivity index (χ2v) is 9.53. The number of carbonyl (C=O) groups excluding carboxylic acids is 2. The van der Waals surface area contributed by atoms with Crippen LogP contribution in [0.2, 0.25) is 10.0 Å². The number of carbonyl (C=O) groups is 2. The van der Waals surface area contributed by atoms with Crippen molar-refractivity contribution in [3.8, 4) is 17.6 Å². The number of nitrogens with zero attached hydrogens (tertiary/aromatic N) is 2. The van der Waals surface area contributed by atoms with E-state index in [1.165, 1.54) is 0 Å². The van der Waals surface area contributed by atoms with Crippen LogP contribution >= 0.6 is 23.2 Å². The Hall–Kier alpha value is -3.31. The fourth-order valence-electron chi connectivity index (χ4n) is 4.25. The van der Waals surface area contributed by atoms with E-state index in [1.54, 1.807) is 49.4 Å². The number of rotatable bonds is 8. The highest BCUT2D eigenvalue weighted by molar-refractivity contribution is 6.35. The van der Waals surface area contributed by atoms with E-state index in [2.05, 4.69) is 0 Å². The molecule has 0 aliphatic carbocycles. The molecule has 0 saturated carbocycles. The van der Waals surface area contributed by atoms with Crippen molar-refractivity contribution in [2.45, 2.75) is 39.4 Å². The zero-order valence-corrected chi connectivity index (χ0v) is 22.1. The van der Waals surface area contributed by atoms with Crippen molar-refractivity contribution in [3.63, 3.8) is 0 Å². The Kier molecular flexibility index (Phi) is 8.55. The van der Waals surface area contributed by atoms with Gasteiger partial charge in [0.2, 0.25) is 0 Å². The van der Waals surface area contributed by atoms with Crippen molar-refractivity contribution in [2.24, 2.45) is 0 Å². The van der Waals surface area contributed by atoms with Gasteiger partial charge < -0.3 is 14.2 Å². The summed E-state index contributed by atoms with van der Waals surface area (Å²) < 4.78 is 17.4. The first-order chi connectivity index (χ1) is 17.8. The van der Waals surface area contributed by atoms with Crippen molar-refractivity contribution in [1.29, 1.82) is 5.26 Å². The molecule has 2 aromatic rings. The first kappa shape index (κ1) is 26.7. The number of amides is 2. The lowest BCUT2D eigenvalue weighted by Gasteiger charge is -2.29. The summed E-state index contributed by atoms with van der Waals surface area (Å²) in [5.74, 6) is -0.0466. The maximum absolute atomic E-state index is 13.4. The lowest BCUT2D eigenvalue weighted by Crippen LogP contribution is -2.46. The number of nitriles is 1. The summed E-state index contributed by atoms with van der Waals surface area (Å²) in [7, 11) is 0. The van der Waals surface area contributed by atoms with Crippen molar-refractivity contribution >= 4 is 41.1 Å². The molecule has 192 valence electrons. The Bertz CT molecular complexity index is 1320. The van der Waals surface area contributed by atoms with Crippen molar-refractivity contribution < 1.29 is 23.8 Å². The topological polar surface area (TPSA) is 88.9 Å². The average Bonchev–Trinajstić information content (AvgIpc) is 3.39. The molecule has 37 heavy (non-hydrogen) atoms. The van der Waals surface area contributed by atoms with E-state index in [1.807, 2.05) is 13.0 Å². The van der Waals surface area contributed by atoms with Crippen LogP contribution < -0.4 is 9.47 Å². The summed E-state index contributed by atoms with van der Waals surface area (Å²) in [4.78, 5) is 27.3. The zero-order valence-electron chi connectivity index (χ0n) is 20.6. The van der Waals surface area contributed by atoms with E-state index in [0.29, 0.717) is 45.9 Å². The van der Waals surface area contributed by atoms with Gasteiger partial charge in [0.15, 0.2) is 11.5 Å². The maximum atomic E-state index is 13.4. The molecule has 1 unspecified atom stereocenters. The normalized spacial score (nSPS) is 18.9. The molecule has 1 fully saturated rings. The lowest BCUT2D eigenvalue weighted by molar-refractivity contribution is -0.142. The Morgan fingerprint density at radius 2 is 1.95 bits per heavy atom. The first-order valence-corrected chi connectivity index (χ1v) is 12.7. The third-order valence-corrected chi connectivity index (χ3v) is 6.80. The molecule has 2 aliphatic rings. The largest absolute Gasteiger partial charge is 0.490 e. The second-order valence-electron chi connectivity index (χ2n) is 8.69. The second kappa shape index (κ2) is 11.8. The van der Waals surface area contributed by atoms with Gasteiger partial charge in [0.25, 0.3) is 11.8 Å². The Morgan fingerprint density at radius 1 is 1.14 bits per heavy atom. The van der Waals surface area contributed by atoms with Gasteiger partial charge in [-0.25, -0.2) is 0 Å². The van der Waals surface area contributed by atoms with Crippen LogP contribution in [-0.4, -0.2) is 42.6 Å². The number of imide groups is 1. The van der Waals surface area contributed by atoms with Crippen molar-refractivity contribution in [2.75, 3.05) is 19.8 Å². The molecule has 0 bridgehead atoms. The average molecular weight is 541 g/mol. The van der Waals surface area contributed by atoms with Gasteiger partial charge in [-0.1, -0.05) is 35.3 Å². The standard InChI is InChI=1S/C28H26Cl2N2O5/c1-3-35-26-12-18(6-9-25(26)37-16-19-7-8-20(29)13-24(19)30)11-22-17(2)23(14-31)28(34)32(27(22)33)15-21-5-4-10-36-21/h6-9,11-13,21H,3-5,10,15-16H2,1-2H3/b22-11+. The maximum Gasteiger partial charge on any atom is 0.271 e. The number of hydrogen-bond acceptors (Lipinski definition) is 6. The van der Waals surface area contributed by atoms with Crippen LogP contribution in [-0.2, 0) is 20.9 Å². The van der Waals surface area contributed by atoms with Crippen LogP contribution in [0.15, 0.2) is 53.1 Å². The molecule has 0 radical (unpaired) electrons. The predicted octanol–water partition coefficient (Wildman–Crippen LogP) is 5.74. The molecule has 7 nitrogen and oxygen atoms in total. The van der Waals surface area contributed by atoms with Gasteiger partial charge >= 0.3 is 0 Å². The molecular weight excluding hydrogens is 515 g/mol. The van der Waals surface area contributed by atoms with Crippen molar-refractivity contribution in [1.82, 2.24) is 4.90 Å². The van der Waals surface area contributed by atoms with Crippen LogP contribution in [0.5, 0.6) is 11.5 Å². The molecule has 4 rings (SSSR count). The van der Waals surface area contributed by atoms with E-state index in [-0.39, 0.29) is 30.4 Å². The molecule has 2 amide bonds. The summed E-state index contributed by atoms with van der Waals surface area (Å²) in [6, 6.07) is 12.4. The minimum atomic E-state index is -0.586. The van der Waals surface area contributed by atoms with E-state index in [0.717, 1.165) is 23.3 Å². The zero-order chi connectivity index (χ0) is 26.5. The smallest absolute Gasteiger partial charge is 0.271 e. The van der Waals surface area contributed by atoms with Crippen LogP contribution in [0.4, 0.5) is 0 Å². The molecule has 9 heteroatoms. The van der Waals surface area contributed by atoms with Crippen LogP contribution in [0.25, 0.3) is 6.08 Å². The van der Waals surface area contributed by atoms with Gasteiger partial charge in [0.1, 0.15) is 18.2 Å². The Labute approximate surface area is 225 Å². The Balaban J connectivity index is 1.62. The summed E-state index contributed by atoms with van der Waals surface area (Å²) in [5.41, 5.74) is 2.00. The van der Waals surface area contributed by atoms with Crippen LogP contribution in [0.1, 0.15) is 37.8 Å². The van der Waals surface area contributed by atoms with Crippen LogP contribution in [0, 0.1) is 11.3 Å². The third-order valence-electron chi connectivity index (χ3n) is 6.21. The molecule has 1 saturated heterocycles. The summed E-state index contributed by atoms with van der Waals surface area (Å²) in [6.45, 7) is 4.80. The van der Waals surface area contributed by atoms with E-state index >= 15 is 0 Å². The van der Waals surface area contributed by atoms with Crippen LogP contribution in [0.3, 0.4) is 0 Å². The number of hydrogen-bond donors (Lipinski definition) is 0. The minimum absolute atomic E-state index is 0.0475. The quantitative estimate of drug-likeness (QED) is 0.313. The number of benzene rings is 2. The summed E-state index contributed by atoms with van der Waals surface area (Å²) >= 11 is 12.2. The van der Waals surface area contributed by atoms with Gasteiger partial charge in [-0.2, -0.15) is 5.26 Å². The molecular formula is C28H26Cl2N2O5. The first-order valence-electron chi connectivity index (χ1n) is 12.0. The Morgan fingerprint density at radius 3 is 2.62 bits per heavy atom. The van der Waals surface area contributed by atoms with Crippen molar-refractivity contribution in [3.05, 3.63) is 74.3 Å². The minimum Gasteiger partial charge on any atom is -0.490 e. The molecule has 1 atom stereocenters. The molecule has 2 aromatic carbocycles. The fraction of sp³-hybridized carbons (Fsp3) is 0.321. The highest BCUT2D eigenvalue weighted by atomic mass is 35.5. The summed E-state index contributed by atoms with van der Waals surface area (Å²) in [5, 5.41) is 10.7. The van der Waals surface area contributed by atoms with Gasteiger partial charge in [0, 0.05) is 27.8 Å². The summed E-state index contributed by atoms with van der Waals surface area (Å²) in [6.07, 6.45) is 3.08. The van der Waals surface area contributed by atoms with E-state index in [9.17, 15) is 14.9 Å². The molecule has 0 aromatic heterocycles. The SMILES string of the molecule is CCOc1cc(/C=C2/C(=O)N(CC3CCCO3)C(=O)C(C#N)=C2C)ccc1OCc1ccc(Cl)cc1Cl. The number of ether oxygens (including phenoxy) is 3. The predicted molar refractivity (Wildman–Crippen MR) is 140 cm³/mol. The number of halogens is 2. The van der Waals surface area contributed by atoms with Gasteiger partial charge in [-0.3, -0.25) is 14.5 Å². The van der Waals surface area contributed by atoms with Gasteiger partial charge in [-0.15, -0.1) is 0 Å². The third kappa shape index (κ3) is 5.99. The van der Waals surface area contributed by atoms with E-state index < -0.39 is 11.8 Å².